The van der Waals surface area contributed by atoms with Gasteiger partial charge >= 0.3 is 58.4 Å². The zero-order chi connectivity index (χ0) is 10.3. The summed E-state index contributed by atoms with van der Waals surface area (Å²) < 4.78 is 38.0. The van der Waals surface area contributed by atoms with Crippen molar-refractivity contribution in [2.75, 3.05) is 0 Å². The van der Waals surface area contributed by atoms with Crippen molar-refractivity contribution >= 4 is 23.3 Å². The molecule has 0 aliphatic rings. The molecule has 1 aromatic heterocycles. The second kappa shape index (κ2) is 4.59. The number of aromatic nitrogens is 2. The second-order valence-corrected chi connectivity index (χ2v) is 3.20. The molecule has 0 atom stereocenters. The summed E-state index contributed by atoms with van der Waals surface area (Å²) in [6.45, 7) is -3.52. The van der Waals surface area contributed by atoms with E-state index in [2.05, 4.69) is 10.2 Å². The Bertz CT molecular complexity index is 480. The fraction of sp³-hybridized carbons (Fsp3) is 0.125. The molecule has 0 amide bonds. The number of hydrogen-bond acceptors (Lipinski definition) is 1. The molecule has 1 heterocycles. The van der Waals surface area contributed by atoms with E-state index in [0.717, 1.165) is 0 Å². The van der Waals surface area contributed by atoms with Gasteiger partial charge in [0.25, 0.3) is 0 Å². The zero-order valence-corrected chi connectivity index (χ0v) is 11.5. The molecule has 0 fully saturated rings. The number of H-pyrrole nitrogens is 1. The standard InChI is InChI=1S/C8H7BF3N2.K/c1-5-2-3-7-6(4-13-14-7)8(5)9(10,11)12;/h2-4H,1H3,(H,13,14);/q-1;+1. The molecule has 2 aromatic rings. The molecule has 0 aliphatic heterocycles. The van der Waals surface area contributed by atoms with Crippen LogP contribution in [-0.2, 0) is 0 Å². The molecular weight excluding hydrogens is 231 g/mol. The van der Waals surface area contributed by atoms with Crippen LogP contribution in [0.5, 0.6) is 0 Å². The minimum atomic E-state index is -4.97. The Morgan fingerprint density at radius 1 is 1.27 bits per heavy atom. The van der Waals surface area contributed by atoms with Gasteiger partial charge in [-0.25, -0.2) is 0 Å². The summed E-state index contributed by atoms with van der Waals surface area (Å²) in [5.74, 6) is 0. The van der Waals surface area contributed by atoms with Crippen molar-refractivity contribution in [1.29, 1.82) is 0 Å². The molecule has 2 nitrogen and oxygen atoms in total. The van der Waals surface area contributed by atoms with Crippen LogP contribution in [0, 0.1) is 6.92 Å². The number of nitrogens with zero attached hydrogens (tertiary/aromatic N) is 1. The van der Waals surface area contributed by atoms with Crippen molar-refractivity contribution in [3.05, 3.63) is 23.9 Å². The van der Waals surface area contributed by atoms with Gasteiger partial charge in [-0.05, 0) is 18.4 Å². The predicted octanol–water partition coefficient (Wildman–Crippen LogP) is -1.07. The van der Waals surface area contributed by atoms with E-state index >= 15 is 0 Å². The summed E-state index contributed by atoms with van der Waals surface area (Å²) in [7, 11) is 0. The van der Waals surface area contributed by atoms with Crippen LogP contribution in [0.2, 0.25) is 0 Å². The van der Waals surface area contributed by atoms with Gasteiger partial charge in [-0.15, -0.1) is 0 Å². The predicted molar refractivity (Wildman–Crippen MR) is 49.5 cm³/mol. The molecule has 0 saturated carbocycles. The number of halogens is 3. The third-order valence-electron chi connectivity index (χ3n) is 2.21. The quantitative estimate of drug-likeness (QED) is 0.630. The molecule has 0 aliphatic carbocycles. The SMILES string of the molecule is Cc1ccc2[nH]ncc2c1[B-](F)(F)F.[K+]. The van der Waals surface area contributed by atoms with Crippen molar-refractivity contribution in [2.45, 2.75) is 6.92 Å². The molecule has 74 valence electrons. The van der Waals surface area contributed by atoms with Crippen molar-refractivity contribution < 1.29 is 64.3 Å². The molecule has 7 heteroatoms. The minimum Gasteiger partial charge on any atom is -0.445 e. The molecule has 15 heavy (non-hydrogen) atoms. The molecule has 1 N–H and O–H groups in total. The Morgan fingerprint density at radius 3 is 2.53 bits per heavy atom. The zero-order valence-electron chi connectivity index (χ0n) is 8.39. The second-order valence-electron chi connectivity index (χ2n) is 3.20. The number of aromatic amines is 1. The Labute approximate surface area is 127 Å². The smallest absolute Gasteiger partial charge is 0.445 e. The molecule has 1 aromatic carbocycles. The maximum atomic E-state index is 12.7. The summed E-state index contributed by atoms with van der Waals surface area (Å²) >= 11 is 0. The number of aryl methyl sites for hydroxylation is 1. The number of hydrogen-bond donors (Lipinski definition) is 1. The first-order valence-corrected chi connectivity index (χ1v) is 4.12. The van der Waals surface area contributed by atoms with Crippen molar-refractivity contribution in [3.8, 4) is 0 Å². The Balaban J connectivity index is 0.00000112. The maximum absolute atomic E-state index is 12.7. The fourth-order valence-corrected chi connectivity index (χ4v) is 1.58. The third-order valence-corrected chi connectivity index (χ3v) is 2.21. The monoisotopic (exact) mass is 238 g/mol. The van der Waals surface area contributed by atoms with E-state index < -0.39 is 12.4 Å². The van der Waals surface area contributed by atoms with E-state index in [1.165, 1.54) is 19.2 Å². The Morgan fingerprint density at radius 2 is 1.93 bits per heavy atom. The van der Waals surface area contributed by atoms with E-state index in [1.54, 1.807) is 6.07 Å². The van der Waals surface area contributed by atoms with E-state index in [-0.39, 0.29) is 62.3 Å². The number of rotatable bonds is 1. The number of nitrogens with one attached hydrogen (secondary N) is 1. The van der Waals surface area contributed by atoms with E-state index in [9.17, 15) is 12.9 Å². The summed E-state index contributed by atoms with van der Waals surface area (Å²) in [4.78, 5) is 0. The number of fused-ring (bicyclic) bond motifs is 1. The van der Waals surface area contributed by atoms with Gasteiger partial charge in [0, 0.05) is 0 Å². The molecule has 2 rings (SSSR count). The van der Waals surface area contributed by atoms with Crippen LogP contribution in [0.25, 0.3) is 10.9 Å². The molecule has 0 spiro atoms. The molecule has 0 saturated heterocycles. The average Bonchev–Trinajstić information content (AvgIpc) is 2.48. The Kier molecular flexibility index (Phi) is 4.05. The summed E-state index contributed by atoms with van der Waals surface area (Å²) in [5.41, 5.74) is 0.118. The molecular formula is C8H7BF3KN2. The summed E-state index contributed by atoms with van der Waals surface area (Å²) in [5, 5.41) is 6.27. The van der Waals surface area contributed by atoms with Gasteiger partial charge in [-0.2, -0.15) is 5.10 Å². The van der Waals surface area contributed by atoms with Crippen molar-refractivity contribution in [1.82, 2.24) is 10.2 Å². The van der Waals surface area contributed by atoms with Gasteiger partial charge < -0.3 is 12.9 Å². The molecule has 0 radical (unpaired) electrons. The van der Waals surface area contributed by atoms with Crippen molar-refractivity contribution in [3.63, 3.8) is 0 Å². The van der Waals surface area contributed by atoms with Crippen molar-refractivity contribution in [2.24, 2.45) is 0 Å². The van der Waals surface area contributed by atoms with Crippen LogP contribution < -0.4 is 56.8 Å². The Hall–Kier alpha value is 0.181. The molecule has 0 bridgehead atoms. The van der Waals surface area contributed by atoms with Crippen LogP contribution in [0.4, 0.5) is 12.9 Å². The summed E-state index contributed by atoms with van der Waals surface area (Å²) in [6.07, 6.45) is 1.22. The minimum absolute atomic E-state index is 0. The third kappa shape index (κ3) is 2.47. The first-order chi connectivity index (χ1) is 6.50. The van der Waals surface area contributed by atoms with Crippen LogP contribution in [0.1, 0.15) is 5.56 Å². The van der Waals surface area contributed by atoms with E-state index in [1.807, 2.05) is 0 Å². The normalized spacial score (nSPS) is 11.5. The van der Waals surface area contributed by atoms with Crippen LogP contribution >= 0.6 is 0 Å². The van der Waals surface area contributed by atoms with Gasteiger partial charge in [0.2, 0.25) is 0 Å². The van der Waals surface area contributed by atoms with Crippen LogP contribution in [0.3, 0.4) is 0 Å². The first kappa shape index (κ1) is 13.2. The van der Waals surface area contributed by atoms with E-state index in [4.69, 9.17) is 0 Å². The van der Waals surface area contributed by atoms with Gasteiger partial charge in [-0.3, -0.25) is 5.10 Å². The first-order valence-electron chi connectivity index (χ1n) is 4.12. The largest absolute Gasteiger partial charge is 1.00 e. The van der Waals surface area contributed by atoms with Crippen LogP contribution in [0.15, 0.2) is 18.3 Å². The van der Waals surface area contributed by atoms with E-state index in [0.29, 0.717) is 5.52 Å². The van der Waals surface area contributed by atoms with Gasteiger partial charge in [0.15, 0.2) is 0 Å². The molecule has 0 unspecified atom stereocenters. The summed E-state index contributed by atoms with van der Waals surface area (Å²) in [6, 6.07) is 3.05. The average molecular weight is 238 g/mol. The number of benzene rings is 1. The van der Waals surface area contributed by atoms with Gasteiger partial charge in [0.05, 0.1) is 11.7 Å². The van der Waals surface area contributed by atoms with Gasteiger partial charge in [-0.1, -0.05) is 17.1 Å². The fourth-order valence-electron chi connectivity index (χ4n) is 1.58. The maximum Gasteiger partial charge on any atom is 1.00 e. The van der Waals surface area contributed by atoms with Crippen LogP contribution in [-0.4, -0.2) is 17.2 Å². The van der Waals surface area contributed by atoms with Gasteiger partial charge in [0.1, 0.15) is 0 Å². The topological polar surface area (TPSA) is 28.7 Å².